The van der Waals surface area contributed by atoms with Crippen LogP contribution in [0.3, 0.4) is 0 Å². The number of nitrogens with zero attached hydrogens (tertiary/aromatic N) is 1. The van der Waals surface area contributed by atoms with Crippen molar-refractivity contribution in [3.8, 4) is 0 Å². The van der Waals surface area contributed by atoms with E-state index in [0.717, 1.165) is 18.2 Å². The zero-order valence-corrected chi connectivity index (χ0v) is 16.4. The van der Waals surface area contributed by atoms with Crippen molar-refractivity contribution < 1.29 is 30.6 Å². The van der Waals surface area contributed by atoms with Gasteiger partial charge in [0.05, 0.1) is 22.5 Å². The molecule has 1 heterocycles. The average molecular weight is 428 g/mol. The van der Waals surface area contributed by atoms with Gasteiger partial charge in [-0.2, -0.15) is 26.3 Å². The molecular formula is C18H22F6N2OS. The molecule has 0 saturated heterocycles. The summed E-state index contributed by atoms with van der Waals surface area (Å²) in [4.78, 5) is 0. The highest BCUT2D eigenvalue weighted by Gasteiger charge is 2.43. The Bertz CT molecular complexity index is 856. The fourth-order valence-electron chi connectivity index (χ4n) is 3.18. The van der Waals surface area contributed by atoms with Gasteiger partial charge in [0.15, 0.2) is 0 Å². The Hall–Kier alpha value is -1.55. The normalized spacial score (nSPS) is 16.5. The molecule has 2 N–H and O–H groups in total. The van der Waals surface area contributed by atoms with Crippen LogP contribution in [0.5, 0.6) is 0 Å². The van der Waals surface area contributed by atoms with Crippen LogP contribution >= 0.6 is 0 Å². The molecule has 3 atom stereocenters. The second-order valence-corrected chi connectivity index (χ2v) is 8.79. The molecular weight excluding hydrogens is 406 g/mol. The van der Waals surface area contributed by atoms with E-state index < -0.39 is 46.5 Å². The lowest BCUT2D eigenvalue weighted by atomic mass is 9.93. The summed E-state index contributed by atoms with van der Waals surface area (Å²) in [6.07, 6.45) is -8.52. The fraction of sp³-hybridized carbons (Fsp3) is 0.556. The summed E-state index contributed by atoms with van der Waals surface area (Å²) in [5, 5.41) is 4.41. The van der Waals surface area contributed by atoms with Gasteiger partial charge >= 0.3 is 12.4 Å². The first-order valence-corrected chi connectivity index (χ1v) is 9.91. The first-order chi connectivity index (χ1) is 12.7. The first kappa shape index (κ1) is 22.7. The summed E-state index contributed by atoms with van der Waals surface area (Å²) in [5.41, 5.74) is -0.960. The lowest BCUT2D eigenvalue weighted by Gasteiger charge is -2.22. The van der Waals surface area contributed by atoms with Gasteiger partial charge in [0.25, 0.3) is 0 Å². The van der Waals surface area contributed by atoms with Crippen LogP contribution in [-0.2, 0) is 23.7 Å². The summed E-state index contributed by atoms with van der Waals surface area (Å²) in [7, 11) is -1.95. The second kappa shape index (κ2) is 8.06. The number of aromatic nitrogens is 1. The van der Waals surface area contributed by atoms with Crippen LogP contribution < -0.4 is 5.14 Å². The highest BCUT2D eigenvalue weighted by molar-refractivity contribution is 7.83. The van der Waals surface area contributed by atoms with E-state index in [0.29, 0.717) is 0 Å². The molecule has 0 bridgehead atoms. The number of nitrogens with two attached hydrogens (primary N) is 1. The SMILES string of the molecule is CC(C)Cn1cc([C@H](CC(C)S(N)=O)C(F)(F)F)c2ccc(C(F)(F)F)cc21. The molecule has 0 fully saturated rings. The zero-order valence-electron chi connectivity index (χ0n) is 15.6. The Morgan fingerprint density at radius 3 is 2.18 bits per heavy atom. The number of benzene rings is 1. The maximum Gasteiger partial charge on any atom is 0.416 e. The van der Waals surface area contributed by atoms with Crippen molar-refractivity contribution >= 4 is 21.9 Å². The van der Waals surface area contributed by atoms with Crippen molar-refractivity contribution in [1.82, 2.24) is 4.57 Å². The lowest BCUT2D eigenvalue weighted by Crippen LogP contribution is -2.28. The Morgan fingerprint density at radius 1 is 1.11 bits per heavy atom. The third kappa shape index (κ3) is 5.08. The number of fused-ring (bicyclic) bond motifs is 1. The van der Waals surface area contributed by atoms with E-state index in [-0.39, 0.29) is 28.9 Å². The predicted molar refractivity (Wildman–Crippen MR) is 97.0 cm³/mol. The summed E-state index contributed by atoms with van der Waals surface area (Å²) in [6.45, 7) is 5.25. The molecule has 1 aromatic carbocycles. The van der Waals surface area contributed by atoms with E-state index in [1.54, 1.807) is 0 Å². The van der Waals surface area contributed by atoms with Gasteiger partial charge in [0.1, 0.15) is 0 Å². The smallest absolute Gasteiger partial charge is 0.347 e. The largest absolute Gasteiger partial charge is 0.416 e. The van der Waals surface area contributed by atoms with Gasteiger partial charge in [-0.05, 0) is 37.0 Å². The van der Waals surface area contributed by atoms with Gasteiger partial charge in [0, 0.05) is 28.9 Å². The molecule has 158 valence electrons. The summed E-state index contributed by atoms with van der Waals surface area (Å²) in [6, 6.07) is 2.73. The van der Waals surface area contributed by atoms with E-state index in [1.807, 2.05) is 13.8 Å². The molecule has 0 spiro atoms. The molecule has 0 saturated carbocycles. The third-order valence-electron chi connectivity index (χ3n) is 4.54. The van der Waals surface area contributed by atoms with Crippen LogP contribution in [0, 0.1) is 5.92 Å². The standard InChI is InChI=1S/C18H22F6N2OS/c1-10(2)8-26-9-14(15(18(22,23)24)6-11(3)28(25)27)13-5-4-12(7-16(13)26)17(19,20)21/h4-5,7,9-11,15H,6,8,25H2,1-3H3/t11?,15-,28?/m0/s1. The van der Waals surface area contributed by atoms with Crippen molar-refractivity contribution in [2.24, 2.45) is 11.1 Å². The van der Waals surface area contributed by atoms with Gasteiger partial charge in [-0.1, -0.05) is 19.9 Å². The van der Waals surface area contributed by atoms with E-state index in [4.69, 9.17) is 5.14 Å². The van der Waals surface area contributed by atoms with E-state index in [1.165, 1.54) is 17.7 Å². The number of halogens is 6. The number of alkyl halides is 6. The molecule has 0 aliphatic carbocycles. The molecule has 28 heavy (non-hydrogen) atoms. The van der Waals surface area contributed by atoms with Crippen molar-refractivity contribution in [3.63, 3.8) is 0 Å². The molecule has 0 aliphatic rings. The molecule has 2 unspecified atom stereocenters. The highest BCUT2D eigenvalue weighted by atomic mass is 32.2. The van der Waals surface area contributed by atoms with E-state index in [2.05, 4.69) is 0 Å². The van der Waals surface area contributed by atoms with Crippen LogP contribution in [-0.4, -0.2) is 20.2 Å². The van der Waals surface area contributed by atoms with E-state index in [9.17, 15) is 30.6 Å². The second-order valence-electron chi connectivity index (χ2n) is 7.33. The van der Waals surface area contributed by atoms with Crippen LogP contribution in [0.2, 0.25) is 0 Å². The number of rotatable bonds is 6. The Morgan fingerprint density at radius 2 is 1.71 bits per heavy atom. The van der Waals surface area contributed by atoms with Crippen molar-refractivity contribution in [2.45, 2.75) is 57.3 Å². The Labute approximate surface area is 161 Å². The zero-order chi connectivity index (χ0) is 21.4. The lowest BCUT2D eigenvalue weighted by molar-refractivity contribution is -0.151. The predicted octanol–water partition coefficient (Wildman–Crippen LogP) is 5.36. The van der Waals surface area contributed by atoms with Gasteiger partial charge in [-0.3, -0.25) is 5.14 Å². The van der Waals surface area contributed by atoms with Crippen LogP contribution in [0.4, 0.5) is 26.3 Å². The average Bonchev–Trinajstić information content (AvgIpc) is 2.87. The summed E-state index contributed by atoms with van der Waals surface area (Å²) in [5.74, 6) is -1.97. The molecule has 0 aliphatic heterocycles. The molecule has 0 amide bonds. The molecule has 1 aromatic heterocycles. The van der Waals surface area contributed by atoms with Crippen LogP contribution in [0.1, 0.15) is 44.2 Å². The topological polar surface area (TPSA) is 48.0 Å². The minimum absolute atomic E-state index is 0.0119. The van der Waals surface area contributed by atoms with Gasteiger partial charge in [-0.15, -0.1) is 0 Å². The first-order valence-electron chi connectivity index (χ1n) is 8.63. The Balaban J connectivity index is 2.68. The molecule has 3 nitrogen and oxygen atoms in total. The highest BCUT2D eigenvalue weighted by Crippen LogP contribution is 2.43. The van der Waals surface area contributed by atoms with Gasteiger partial charge in [0.2, 0.25) is 0 Å². The van der Waals surface area contributed by atoms with Gasteiger partial charge in [-0.25, -0.2) is 4.21 Å². The fourth-order valence-corrected chi connectivity index (χ4v) is 3.56. The minimum Gasteiger partial charge on any atom is -0.347 e. The summed E-state index contributed by atoms with van der Waals surface area (Å²) < 4.78 is 93.4. The Kier molecular flexibility index (Phi) is 6.54. The molecule has 2 aromatic rings. The van der Waals surface area contributed by atoms with Crippen molar-refractivity contribution in [1.29, 1.82) is 0 Å². The van der Waals surface area contributed by atoms with E-state index >= 15 is 0 Å². The molecule has 0 radical (unpaired) electrons. The number of hydrogen-bond acceptors (Lipinski definition) is 1. The monoisotopic (exact) mass is 428 g/mol. The number of hydrogen-bond donors (Lipinski definition) is 1. The van der Waals surface area contributed by atoms with Crippen molar-refractivity contribution in [3.05, 3.63) is 35.5 Å². The molecule has 10 heteroatoms. The maximum absolute atomic E-state index is 13.8. The third-order valence-corrected chi connectivity index (χ3v) is 5.52. The minimum atomic E-state index is -4.66. The van der Waals surface area contributed by atoms with Crippen LogP contribution in [0.25, 0.3) is 10.9 Å². The van der Waals surface area contributed by atoms with Crippen LogP contribution in [0.15, 0.2) is 24.4 Å². The quantitative estimate of drug-likeness (QED) is 0.619. The van der Waals surface area contributed by atoms with Gasteiger partial charge < -0.3 is 4.57 Å². The van der Waals surface area contributed by atoms with Crippen molar-refractivity contribution in [2.75, 3.05) is 0 Å². The molecule has 2 rings (SSSR count). The summed E-state index contributed by atoms with van der Waals surface area (Å²) >= 11 is 0. The maximum atomic E-state index is 13.8.